The second-order valence-electron chi connectivity index (χ2n) is 7.23. The number of fused-ring (bicyclic) bond motifs is 1. The second kappa shape index (κ2) is 8.53. The molecule has 0 saturated carbocycles. The molecular weight excluding hydrogens is 404 g/mol. The van der Waals surface area contributed by atoms with Crippen molar-refractivity contribution in [3.8, 4) is 16.8 Å². The van der Waals surface area contributed by atoms with Crippen molar-refractivity contribution in [3.63, 3.8) is 0 Å². The van der Waals surface area contributed by atoms with Gasteiger partial charge in [-0.15, -0.1) is 11.3 Å². The monoisotopic (exact) mass is 424 g/mol. The smallest absolute Gasteiger partial charge is 0.227 e. The van der Waals surface area contributed by atoms with Crippen LogP contribution in [0.5, 0.6) is 0 Å². The third-order valence-corrected chi connectivity index (χ3v) is 6.06. The van der Waals surface area contributed by atoms with Crippen molar-refractivity contribution in [1.82, 2.24) is 20.1 Å². The van der Waals surface area contributed by atoms with Crippen LogP contribution in [-0.2, 0) is 17.8 Å². The van der Waals surface area contributed by atoms with Crippen LogP contribution in [0.3, 0.4) is 0 Å². The molecule has 0 unspecified atom stereocenters. The van der Waals surface area contributed by atoms with Gasteiger partial charge in [0.05, 0.1) is 22.3 Å². The summed E-state index contributed by atoms with van der Waals surface area (Å²) in [5.74, 6) is -0.0292. The molecule has 0 aliphatic heterocycles. The number of hydrogen-bond acceptors (Lipinski definition) is 4. The number of nitrogens with zero attached hydrogens (tertiary/aromatic N) is 3. The van der Waals surface area contributed by atoms with Crippen LogP contribution in [0.1, 0.15) is 10.6 Å². The molecule has 0 radical (unpaired) electrons. The van der Waals surface area contributed by atoms with E-state index in [1.165, 1.54) is 5.56 Å². The molecule has 31 heavy (non-hydrogen) atoms. The van der Waals surface area contributed by atoms with Crippen LogP contribution in [0, 0.1) is 0 Å². The number of benzene rings is 3. The largest absolute Gasteiger partial charge is 0.352 e. The molecule has 0 spiro atoms. The summed E-state index contributed by atoms with van der Waals surface area (Å²) in [6, 6.07) is 26.4. The molecular formula is C25H20N4OS. The summed E-state index contributed by atoms with van der Waals surface area (Å²) in [6.07, 6.45) is 3.93. The summed E-state index contributed by atoms with van der Waals surface area (Å²) in [4.78, 5) is 17.1. The fourth-order valence-corrected chi connectivity index (χ4v) is 4.45. The van der Waals surface area contributed by atoms with Gasteiger partial charge in [0.15, 0.2) is 0 Å². The van der Waals surface area contributed by atoms with E-state index in [1.54, 1.807) is 22.2 Å². The first kappa shape index (κ1) is 19.2. The Hall–Kier alpha value is -3.77. The Morgan fingerprint density at radius 2 is 1.77 bits per heavy atom. The SMILES string of the molecule is O=C(Cc1nc2ccc(-c3ccccc3)cc2s1)NCc1ccc(-n2cccn2)cc1. The van der Waals surface area contributed by atoms with Crippen LogP contribution >= 0.6 is 11.3 Å². The van der Waals surface area contributed by atoms with Gasteiger partial charge < -0.3 is 5.32 Å². The van der Waals surface area contributed by atoms with Crippen molar-refractivity contribution >= 4 is 27.5 Å². The number of hydrogen-bond donors (Lipinski definition) is 1. The van der Waals surface area contributed by atoms with Gasteiger partial charge in [-0.2, -0.15) is 5.10 Å². The predicted molar refractivity (Wildman–Crippen MR) is 124 cm³/mol. The van der Waals surface area contributed by atoms with Crippen molar-refractivity contribution in [2.45, 2.75) is 13.0 Å². The summed E-state index contributed by atoms with van der Waals surface area (Å²) in [5, 5.41) is 8.03. The highest BCUT2D eigenvalue weighted by Gasteiger charge is 2.10. The maximum atomic E-state index is 12.4. The summed E-state index contributed by atoms with van der Waals surface area (Å²) in [7, 11) is 0. The number of aromatic nitrogens is 3. The standard InChI is InChI=1S/C25H20N4OS/c30-24(26-17-18-7-10-21(11-8-18)29-14-4-13-27-29)16-25-28-22-12-9-20(15-23(22)31-25)19-5-2-1-3-6-19/h1-15H,16-17H2,(H,26,30). The molecule has 152 valence electrons. The third kappa shape index (κ3) is 4.39. The molecule has 1 N–H and O–H groups in total. The lowest BCUT2D eigenvalue weighted by Gasteiger charge is -2.06. The third-order valence-electron chi connectivity index (χ3n) is 5.05. The Morgan fingerprint density at radius 1 is 0.935 bits per heavy atom. The van der Waals surface area contributed by atoms with E-state index in [-0.39, 0.29) is 12.3 Å². The van der Waals surface area contributed by atoms with Gasteiger partial charge in [0.2, 0.25) is 5.91 Å². The maximum absolute atomic E-state index is 12.4. The fourth-order valence-electron chi connectivity index (χ4n) is 3.45. The van der Waals surface area contributed by atoms with E-state index < -0.39 is 0 Å². The van der Waals surface area contributed by atoms with Crippen LogP contribution in [0.2, 0.25) is 0 Å². The van der Waals surface area contributed by atoms with E-state index in [4.69, 9.17) is 0 Å². The first-order valence-corrected chi connectivity index (χ1v) is 10.9. The molecule has 0 fully saturated rings. The van der Waals surface area contributed by atoms with Gasteiger partial charge in [0.1, 0.15) is 5.01 Å². The Morgan fingerprint density at radius 3 is 2.55 bits per heavy atom. The van der Waals surface area contributed by atoms with Gasteiger partial charge in [-0.1, -0.05) is 48.5 Å². The van der Waals surface area contributed by atoms with E-state index in [0.717, 1.165) is 32.0 Å². The van der Waals surface area contributed by atoms with Crippen molar-refractivity contribution in [1.29, 1.82) is 0 Å². The minimum Gasteiger partial charge on any atom is -0.352 e. The molecule has 5 nitrogen and oxygen atoms in total. The summed E-state index contributed by atoms with van der Waals surface area (Å²) >= 11 is 1.57. The van der Waals surface area contributed by atoms with Crippen molar-refractivity contribution in [2.24, 2.45) is 0 Å². The maximum Gasteiger partial charge on any atom is 0.227 e. The van der Waals surface area contributed by atoms with E-state index in [0.29, 0.717) is 6.54 Å². The summed E-state index contributed by atoms with van der Waals surface area (Å²) < 4.78 is 2.90. The quantitative estimate of drug-likeness (QED) is 0.417. The molecule has 0 atom stereocenters. The molecule has 1 amide bonds. The highest BCUT2D eigenvalue weighted by atomic mass is 32.1. The van der Waals surface area contributed by atoms with Gasteiger partial charge in [0.25, 0.3) is 0 Å². The number of nitrogens with one attached hydrogen (secondary N) is 1. The predicted octanol–water partition coefficient (Wildman–Crippen LogP) is 5.01. The van der Waals surface area contributed by atoms with Crippen LogP contribution in [0.15, 0.2) is 91.3 Å². The van der Waals surface area contributed by atoms with Crippen LogP contribution < -0.4 is 5.32 Å². The van der Waals surface area contributed by atoms with Gasteiger partial charge in [-0.05, 0) is 47.0 Å². The molecule has 2 aromatic heterocycles. The fraction of sp³-hybridized carbons (Fsp3) is 0.0800. The lowest BCUT2D eigenvalue weighted by molar-refractivity contribution is -0.120. The number of amides is 1. The molecule has 5 aromatic rings. The molecule has 3 aromatic carbocycles. The van der Waals surface area contributed by atoms with Gasteiger partial charge in [-0.25, -0.2) is 9.67 Å². The van der Waals surface area contributed by atoms with Gasteiger partial charge >= 0.3 is 0 Å². The summed E-state index contributed by atoms with van der Waals surface area (Å²) in [6.45, 7) is 0.487. The zero-order valence-electron chi connectivity index (χ0n) is 16.7. The second-order valence-corrected chi connectivity index (χ2v) is 8.34. The number of rotatable bonds is 6. The molecule has 0 aliphatic carbocycles. The molecule has 0 aliphatic rings. The van der Waals surface area contributed by atoms with Gasteiger partial charge in [-0.3, -0.25) is 4.79 Å². The van der Waals surface area contributed by atoms with Crippen molar-refractivity contribution < 1.29 is 4.79 Å². The zero-order valence-corrected chi connectivity index (χ0v) is 17.5. The Bertz CT molecular complexity index is 1310. The molecule has 0 saturated heterocycles. The van der Waals surface area contributed by atoms with Crippen molar-refractivity contribution in [2.75, 3.05) is 0 Å². The van der Waals surface area contributed by atoms with E-state index in [9.17, 15) is 4.79 Å². The highest BCUT2D eigenvalue weighted by molar-refractivity contribution is 7.18. The number of carbonyl (C=O) groups is 1. The van der Waals surface area contributed by atoms with Crippen molar-refractivity contribution in [3.05, 3.63) is 102 Å². The van der Waals surface area contributed by atoms with E-state index in [1.807, 2.05) is 60.8 Å². The number of carbonyl (C=O) groups excluding carboxylic acids is 1. The number of thiazole rings is 1. The van der Waals surface area contributed by atoms with E-state index >= 15 is 0 Å². The minimum atomic E-state index is -0.0292. The zero-order chi connectivity index (χ0) is 21.0. The lowest BCUT2D eigenvalue weighted by atomic mass is 10.1. The molecule has 2 heterocycles. The Kier molecular flexibility index (Phi) is 5.29. The van der Waals surface area contributed by atoms with Crippen LogP contribution in [-0.4, -0.2) is 20.7 Å². The van der Waals surface area contributed by atoms with E-state index in [2.05, 4.69) is 39.7 Å². The van der Waals surface area contributed by atoms with Crippen LogP contribution in [0.4, 0.5) is 0 Å². The Labute approximate surface area is 184 Å². The van der Waals surface area contributed by atoms with Crippen LogP contribution in [0.25, 0.3) is 27.0 Å². The first-order chi connectivity index (χ1) is 15.2. The molecule has 0 bridgehead atoms. The normalized spacial score (nSPS) is 11.0. The average Bonchev–Trinajstić information content (AvgIpc) is 3.48. The van der Waals surface area contributed by atoms with Gasteiger partial charge in [0, 0.05) is 18.9 Å². The lowest BCUT2D eigenvalue weighted by Crippen LogP contribution is -2.24. The molecule has 6 heteroatoms. The first-order valence-electron chi connectivity index (χ1n) is 10.1. The topological polar surface area (TPSA) is 59.8 Å². The highest BCUT2D eigenvalue weighted by Crippen LogP contribution is 2.28. The Balaban J connectivity index is 1.22. The minimum absolute atomic E-state index is 0.0292. The molecule has 5 rings (SSSR count). The summed E-state index contributed by atoms with van der Waals surface area (Å²) in [5.41, 5.74) is 5.30. The average molecular weight is 425 g/mol.